The van der Waals surface area contributed by atoms with E-state index in [2.05, 4.69) is 35.8 Å². The lowest BCUT2D eigenvalue weighted by atomic mass is 10.3. The van der Waals surface area contributed by atoms with Gasteiger partial charge in [0.2, 0.25) is 0 Å². The number of pyridine rings is 1. The molecule has 0 saturated carbocycles. The minimum Gasteiger partial charge on any atom is -0.487 e. The Morgan fingerprint density at radius 2 is 2.30 bits per heavy atom. The average molecular weight is 335 g/mol. The SMILES string of the molecule is Cc1nccc(N2CCC(Oc3cncc(Br)c3)C2)n1. The predicted molar refractivity (Wildman–Crippen MR) is 80.0 cm³/mol. The second-order valence-electron chi connectivity index (χ2n) is 4.78. The molecule has 1 aliphatic rings. The van der Waals surface area contributed by atoms with Crippen LogP contribution in [0.4, 0.5) is 5.82 Å². The number of hydrogen-bond donors (Lipinski definition) is 0. The fourth-order valence-corrected chi connectivity index (χ4v) is 2.65. The van der Waals surface area contributed by atoms with E-state index in [0.29, 0.717) is 0 Å². The summed E-state index contributed by atoms with van der Waals surface area (Å²) >= 11 is 3.40. The summed E-state index contributed by atoms with van der Waals surface area (Å²) in [5.41, 5.74) is 0. The molecule has 104 valence electrons. The molecular weight excluding hydrogens is 320 g/mol. The molecule has 0 amide bonds. The Labute approximate surface area is 126 Å². The highest BCUT2D eigenvalue weighted by Gasteiger charge is 2.25. The molecule has 2 aromatic heterocycles. The molecule has 1 saturated heterocycles. The summed E-state index contributed by atoms with van der Waals surface area (Å²) in [6.07, 6.45) is 6.43. The lowest BCUT2D eigenvalue weighted by Gasteiger charge is -2.18. The highest BCUT2D eigenvalue weighted by atomic mass is 79.9. The van der Waals surface area contributed by atoms with Crippen LogP contribution in [0.1, 0.15) is 12.2 Å². The van der Waals surface area contributed by atoms with E-state index >= 15 is 0 Å². The second-order valence-corrected chi connectivity index (χ2v) is 5.69. The van der Waals surface area contributed by atoms with Crippen LogP contribution in [0, 0.1) is 6.92 Å². The molecule has 0 aromatic carbocycles. The number of anilines is 1. The van der Waals surface area contributed by atoms with Gasteiger partial charge < -0.3 is 9.64 Å². The highest BCUT2D eigenvalue weighted by molar-refractivity contribution is 9.10. The Morgan fingerprint density at radius 1 is 1.40 bits per heavy atom. The fraction of sp³-hybridized carbons (Fsp3) is 0.357. The summed E-state index contributed by atoms with van der Waals surface area (Å²) in [4.78, 5) is 14.9. The number of aromatic nitrogens is 3. The van der Waals surface area contributed by atoms with Crippen LogP contribution in [0.2, 0.25) is 0 Å². The number of aryl methyl sites for hydroxylation is 1. The van der Waals surface area contributed by atoms with Gasteiger partial charge >= 0.3 is 0 Å². The maximum atomic E-state index is 5.96. The first-order valence-corrected chi connectivity index (χ1v) is 7.32. The zero-order chi connectivity index (χ0) is 13.9. The lowest BCUT2D eigenvalue weighted by Crippen LogP contribution is -2.25. The summed E-state index contributed by atoms with van der Waals surface area (Å²) in [7, 11) is 0. The van der Waals surface area contributed by atoms with Gasteiger partial charge in [-0.1, -0.05) is 0 Å². The molecule has 6 heteroatoms. The highest BCUT2D eigenvalue weighted by Crippen LogP contribution is 2.23. The van der Waals surface area contributed by atoms with Gasteiger partial charge in [0, 0.05) is 29.8 Å². The van der Waals surface area contributed by atoms with E-state index in [0.717, 1.165) is 41.4 Å². The second kappa shape index (κ2) is 5.75. The number of rotatable bonds is 3. The van der Waals surface area contributed by atoms with Gasteiger partial charge in [-0.3, -0.25) is 4.98 Å². The Bertz CT molecular complexity index is 607. The van der Waals surface area contributed by atoms with Crippen molar-refractivity contribution in [1.29, 1.82) is 0 Å². The molecule has 0 radical (unpaired) electrons. The van der Waals surface area contributed by atoms with Gasteiger partial charge in [0.1, 0.15) is 23.5 Å². The minimum atomic E-state index is 0.168. The van der Waals surface area contributed by atoms with E-state index < -0.39 is 0 Å². The Balaban J connectivity index is 1.65. The third-order valence-electron chi connectivity index (χ3n) is 3.21. The van der Waals surface area contributed by atoms with Crippen LogP contribution in [-0.2, 0) is 0 Å². The summed E-state index contributed by atoms with van der Waals surface area (Å²) in [6.45, 7) is 3.69. The maximum absolute atomic E-state index is 5.96. The minimum absolute atomic E-state index is 0.168. The van der Waals surface area contributed by atoms with Crippen molar-refractivity contribution >= 4 is 21.7 Å². The van der Waals surface area contributed by atoms with Crippen LogP contribution in [0.3, 0.4) is 0 Å². The van der Waals surface area contributed by atoms with Gasteiger partial charge in [0.05, 0.1) is 12.7 Å². The molecule has 1 fully saturated rings. The van der Waals surface area contributed by atoms with Crippen LogP contribution in [0.25, 0.3) is 0 Å². The first-order chi connectivity index (χ1) is 9.70. The monoisotopic (exact) mass is 334 g/mol. The summed E-state index contributed by atoms with van der Waals surface area (Å²) in [5.74, 6) is 2.56. The molecule has 20 heavy (non-hydrogen) atoms. The summed E-state index contributed by atoms with van der Waals surface area (Å²) in [6, 6.07) is 3.88. The van der Waals surface area contributed by atoms with Gasteiger partial charge in [-0.15, -0.1) is 0 Å². The van der Waals surface area contributed by atoms with Crippen molar-refractivity contribution in [2.45, 2.75) is 19.4 Å². The quantitative estimate of drug-likeness (QED) is 0.863. The van der Waals surface area contributed by atoms with Crippen LogP contribution in [0.5, 0.6) is 5.75 Å². The standard InChI is InChI=1S/C14H15BrN4O/c1-10-17-4-2-14(18-10)19-5-3-12(9-19)20-13-6-11(15)7-16-8-13/h2,4,6-8,12H,3,5,9H2,1H3. The van der Waals surface area contributed by atoms with Crippen LogP contribution in [0.15, 0.2) is 35.2 Å². The van der Waals surface area contributed by atoms with E-state index in [9.17, 15) is 0 Å². The molecule has 5 nitrogen and oxygen atoms in total. The Hall–Kier alpha value is -1.69. The average Bonchev–Trinajstić information content (AvgIpc) is 2.87. The third-order valence-corrected chi connectivity index (χ3v) is 3.65. The lowest BCUT2D eigenvalue weighted by molar-refractivity contribution is 0.224. The molecule has 2 aromatic rings. The van der Waals surface area contributed by atoms with Gasteiger partial charge in [-0.05, 0) is 35.0 Å². The number of hydrogen-bond acceptors (Lipinski definition) is 5. The number of halogens is 1. The molecule has 3 rings (SSSR count). The zero-order valence-corrected chi connectivity index (χ0v) is 12.7. The molecule has 1 unspecified atom stereocenters. The van der Waals surface area contributed by atoms with Crippen molar-refractivity contribution in [3.05, 3.63) is 41.0 Å². The zero-order valence-electron chi connectivity index (χ0n) is 11.2. The van der Waals surface area contributed by atoms with Crippen molar-refractivity contribution < 1.29 is 4.74 Å². The molecule has 1 aliphatic heterocycles. The Morgan fingerprint density at radius 3 is 3.10 bits per heavy atom. The number of nitrogens with zero attached hydrogens (tertiary/aromatic N) is 4. The van der Waals surface area contributed by atoms with Gasteiger partial charge in [-0.2, -0.15) is 0 Å². The first-order valence-electron chi connectivity index (χ1n) is 6.52. The maximum Gasteiger partial charge on any atom is 0.139 e. The molecule has 3 heterocycles. The third kappa shape index (κ3) is 3.07. The van der Waals surface area contributed by atoms with Crippen molar-refractivity contribution in [1.82, 2.24) is 15.0 Å². The molecule has 0 spiro atoms. The molecule has 0 aliphatic carbocycles. The summed E-state index contributed by atoms with van der Waals surface area (Å²) in [5, 5.41) is 0. The van der Waals surface area contributed by atoms with Crippen LogP contribution >= 0.6 is 15.9 Å². The Kier molecular flexibility index (Phi) is 3.82. The molecular formula is C14H15BrN4O. The first kappa shape index (κ1) is 13.3. The fourth-order valence-electron chi connectivity index (χ4n) is 2.30. The van der Waals surface area contributed by atoms with Gasteiger partial charge in [-0.25, -0.2) is 9.97 Å². The van der Waals surface area contributed by atoms with E-state index in [1.807, 2.05) is 19.1 Å². The smallest absolute Gasteiger partial charge is 0.139 e. The van der Waals surface area contributed by atoms with Crippen LogP contribution < -0.4 is 9.64 Å². The predicted octanol–water partition coefficient (Wildman–Crippen LogP) is 2.60. The van der Waals surface area contributed by atoms with E-state index in [1.165, 1.54) is 0 Å². The van der Waals surface area contributed by atoms with Gasteiger partial charge in [0.25, 0.3) is 0 Å². The molecule has 0 N–H and O–H groups in total. The summed E-state index contributed by atoms with van der Waals surface area (Å²) < 4.78 is 6.89. The van der Waals surface area contributed by atoms with Gasteiger partial charge in [0.15, 0.2) is 0 Å². The van der Waals surface area contributed by atoms with Crippen molar-refractivity contribution in [2.75, 3.05) is 18.0 Å². The molecule has 1 atom stereocenters. The topological polar surface area (TPSA) is 51.1 Å². The largest absolute Gasteiger partial charge is 0.487 e. The van der Waals surface area contributed by atoms with E-state index in [1.54, 1.807) is 18.6 Å². The van der Waals surface area contributed by atoms with Crippen molar-refractivity contribution in [2.24, 2.45) is 0 Å². The van der Waals surface area contributed by atoms with E-state index in [-0.39, 0.29) is 6.10 Å². The van der Waals surface area contributed by atoms with Crippen molar-refractivity contribution in [3.63, 3.8) is 0 Å². The van der Waals surface area contributed by atoms with E-state index in [4.69, 9.17) is 4.74 Å². The number of ether oxygens (including phenoxy) is 1. The van der Waals surface area contributed by atoms with Crippen LogP contribution in [-0.4, -0.2) is 34.1 Å². The van der Waals surface area contributed by atoms with Crippen molar-refractivity contribution in [3.8, 4) is 5.75 Å². The normalized spacial score (nSPS) is 18.3. The molecule has 0 bridgehead atoms.